The smallest absolute Gasteiger partial charge is 0.271 e. The second-order valence-corrected chi connectivity index (χ2v) is 6.15. The summed E-state index contributed by atoms with van der Waals surface area (Å²) >= 11 is 0. The predicted octanol–water partition coefficient (Wildman–Crippen LogP) is 0.480. The summed E-state index contributed by atoms with van der Waals surface area (Å²) in [6, 6.07) is 0. The van der Waals surface area contributed by atoms with E-state index in [0.717, 1.165) is 13.0 Å². The third-order valence-corrected chi connectivity index (χ3v) is 4.58. The maximum atomic E-state index is 12.0. The Balaban J connectivity index is 1.52. The monoisotopic (exact) mass is 318 g/mol. The minimum atomic E-state index is -0.224. The SMILES string of the molecule is CCCC(=O)N1C[C@@H]2[C@@H](CNC(=O)c3cnccn3)CO[C@@H]2C1. The van der Waals surface area contributed by atoms with Crippen LogP contribution in [0, 0.1) is 11.8 Å². The predicted molar refractivity (Wildman–Crippen MR) is 82.6 cm³/mol. The highest BCUT2D eigenvalue weighted by Gasteiger charge is 2.44. The molecule has 0 unspecified atom stereocenters. The van der Waals surface area contributed by atoms with Crippen molar-refractivity contribution in [2.24, 2.45) is 11.8 Å². The average molecular weight is 318 g/mol. The van der Waals surface area contributed by atoms with Crippen LogP contribution in [-0.2, 0) is 9.53 Å². The largest absolute Gasteiger partial charge is 0.376 e. The van der Waals surface area contributed by atoms with Gasteiger partial charge in [-0.3, -0.25) is 14.6 Å². The third kappa shape index (κ3) is 3.50. The lowest BCUT2D eigenvalue weighted by Gasteiger charge is -2.20. The number of hydrogen-bond acceptors (Lipinski definition) is 5. The first kappa shape index (κ1) is 15.9. The Hall–Kier alpha value is -2.02. The van der Waals surface area contributed by atoms with Crippen LogP contribution < -0.4 is 5.32 Å². The van der Waals surface area contributed by atoms with Crippen molar-refractivity contribution in [3.8, 4) is 0 Å². The van der Waals surface area contributed by atoms with E-state index < -0.39 is 0 Å². The molecule has 2 amide bonds. The van der Waals surface area contributed by atoms with E-state index in [2.05, 4.69) is 15.3 Å². The van der Waals surface area contributed by atoms with Gasteiger partial charge in [-0.1, -0.05) is 6.92 Å². The summed E-state index contributed by atoms with van der Waals surface area (Å²) in [5.74, 6) is 0.518. The molecule has 3 heterocycles. The molecule has 1 N–H and O–H groups in total. The summed E-state index contributed by atoms with van der Waals surface area (Å²) in [4.78, 5) is 33.8. The number of carbonyl (C=O) groups is 2. The molecular weight excluding hydrogens is 296 g/mol. The van der Waals surface area contributed by atoms with Gasteiger partial charge in [-0.25, -0.2) is 4.98 Å². The molecule has 0 spiro atoms. The Morgan fingerprint density at radius 2 is 2.26 bits per heavy atom. The van der Waals surface area contributed by atoms with Gasteiger partial charge in [-0.05, 0) is 6.42 Å². The number of likely N-dealkylation sites (tertiary alicyclic amines) is 1. The maximum Gasteiger partial charge on any atom is 0.271 e. The molecule has 0 saturated carbocycles. The summed E-state index contributed by atoms with van der Waals surface area (Å²) < 4.78 is 5.81. The van der Waals surface area contributed by atoms with Gasteiger partial charge in [0.1, 0.15) is 5.69 Å². The molecule has 3 rings (SSSR count). The zero-order chi connectivity index (χ0) is 16.2. The van der Waals surface area contributed by atoms with Crippen molar-refractivity contribution >= 4 is 11.8 Å². The first-order valence-corrected chi connectivity index (χ1v) is 8.12. The molecular formula is C16H22N4O3. The molecule has 23 heavy (non-hydrogen) atoms. The Labute approximate surface area is 135 Å². The number of ether oxygens (including phenoxy) is 1. The van der Waals surface area contributed by atoms with Crippen LogP contribution in [-0.4, -0.2) is 59.0 Å². The molecule has 1 aromatic rings. The normalized spacial score (nSPS) is 26.1. The molecule has 2 fully saturated rings. The Morgan fingerprint density at radius 1 is 1.39 bits per heavy atom. The first-order chi connectivity index (χ1) is 11.2. The van der Waals surface area contributed by atoms with Crippen molar-refractivity contribution in [2.75, 3.05) is 26.2 Å². The van der Waals surface area contributed by atoms with Crippen LogP contribution in [0.5, 0.6) is 0 Å². The Bertz CT molecular complexity index is 566. The number of carbonyl (C=O) groups excluding carboxylic acids is 2. The summed E-state index contributed by atoms with van der Waals surface area (Å²) in [5, 5.41) is 2.90. The second kappa shape index (κ2) is 7.04. The zero-order valence-corrected chi connectivity index (χ0v) is 13.3. The van der Waals surface area contributed by atoms with E-state index in [-0.39, 0.29) is 23.8 Å². The van der Waals surface area contributed by atoms with Crippen LogP contribution in [0.25, 0.3) is 0 Å². The molecule has 7 heteroatoms. The number of amides is 2. The summed E-state index contributed by atoms with van der Waals surface area (Å²) in [6.07, 6.45) is 6.04. The minimum absolute atomic E-state index is 0.106. The van der Waals surface area contributed by atoms with Gasteiger partial charge in [0.05, 0.1) is 18.9 Å². The molecule has 3 atom stereocenters. The van der Waals surface area contributed by atoms with Crippen molar-refractivity contribution < 1.29 is 14.3 Å². The number of hydrogen-bond donors (Lipinski definition) is 1. The molecule has 0 aliphatic carbocycles. The van der Waals surface area contributed by atoms with Crippen molar-refractivity contribution in [1.82, 2.24) is 20.2 Å². The van der Waals surface area contributed by atoms with E-state index in [1.54, 1.807) is 0 Å². The first-order valence-electron chi connectivity index (χ1n) is 8.12. The van der Waals surface area contributed by atoms with Crippen molar-refractivity contribution in [1.29, 1.82) is 0 Å². The molecule has 0 radical (unpaired) electrons. The van der Waals surface area contributed by atoms with Crippen LogP contribution in [0.4, 0.5) is 0 Å². The number of rotatable bonds is 5. The van der Waals surface area contributed by atoms with Gasteiger partial charge in [-0.15, -0.1) is 0 Å². The van der Waals surface area contributed by atoms with Gasteiger partial charge in [0.15, 0.2) is 0 Å². The fourth-order valence-electron chi connectivity index (χ4n) is 3.32. The number of fused-ring (bicyclic) bond motifs is 1. The second-order valence-electron chi connectivity index (χ2n) is 6.15. The van der Waals surface area contributed by atoms with Crippen molar-refractivity contribution in [2.45, 2.75) is 25.9 Å². The third-order valence-electron chi connectivity index (χ3n) is 4.58. The lowest BCUT2D eigenvalue weighted by molar-refractivity contribution is -0.131. The van der Waals surface area contributed by atoms with Crippen molar-refractivity contribution in [3.05, 3.63) is 24.3 Å². The van der Waals surface area contributed by atoms with Gasteiger partial charge >= 0.3 is 0 Å². The molecule has 2 aliphatic rings. The number of nitrogens with zero attached hydrogens (tertiary/aromatic N) is 3. The molecule has 2 aliphatic heterocycles. The summed E-state index contributed by atoms with van der Waals surface area (Å²) in [5.41, 5.74) is 0.314. The van der Waals surface area contributed by atoms with Gasteiger partial charge in [0, 0.05) is 50.3 Å². The number of nitrogens with one attached hydrogen (secondary N) is 1. The molecule has 124 valence electrons. The van der Waals surface area contributed by atoms with Crippen LogP contribution in [0.15, 0.2) is 18.6 Å². The highest BCUT2D eigenvalue weighted by molar-refractivity contribution is 5.91. The topological polar surface area (TPSA) is 84.4 Å². The maximum absolute atomic E-state index is 12.0. The van der Waals surface area contributed by atoms with Gasteiger partial charge in [0.2, 0.25) is 5.91 Å². The van der Waals surface area contributed by atoms with Gasteiger partial charge in [-0.2, -0.15) is 0 Å². The van der Waals surface area contributed by atoms with E-state index in [4.69, 9.17) is 4.74 Å². The molecule has 7 nitrogen and oxygen atoms in total. The minimum Gasteiger partial charge on any atom is -0.376 e. The molecule has 0 aromatic carbocycles. The highest BCUT2D eigenvalue weighted by Crippen LogP contribution is 2.33. The van der Waals surface area contributed by atoms with E-state index in [1.807, 2.05) is 11.8 Å². The fourth-order valence-corrected chi connectivity index (χ4v) is 3.32. The summed E-state index contributed by atoms with van der Waals surface area (Å²) in [6.45, 7) is 4.58. The number of aromatic nitrogens is 2. The van der Waals surface area contributed by atoms with Crippen LogP contribution in [0.3, 0.4) is 0 Å². The molecule has 2 saturated heterocycles. The van der Waals surface area contributed by atoms with E-state index in [0.29, 0.717) is 37.7 Å². The highest BCUT2D eigenvalue weighted by atomic mass is 16.5. The molecule has 1 aromatic heterocycles. The van der Waals surface area contributed by atoms with Crippen LogP contribution in [0.1, 0.15) is 30.3 Å². The zero-order valence-electron chi connectivity index (χ0n) is 13.3. The Morgan fingerprint density at radius 3 is 3.00 bits per heavy atom. The standard InChI is InChI=1S/C16H22N4O3/c1-2-3-15(21)20-8-12-11(10-23-14(12)9-20)6-19-16(22)13-7-17-4-5-18-13/h4-5,7,11-12,14H,2-3,6,8-10H2,1H3,(H,19,22)/t11-,12+,14+/m0/s1. The average Bonchev–Trinajstić information content (AvgIpc) is 3.14. The van der Waals surface area contributed by atoms with Gasteiger partial charge in [0.25, 0.3) is 5.91 Å². The van der Waals surface area contributed by atoms with Gasteiger partial charge < -0.3 is 15.0 Å². The molecule has 0 bridgehead atoms. The van der Waals surface area contributed by atoms with E-state index in [9.17, 15) is 9.59 Å². The fraction of sp³-hybridized carbons (Fsp3) is 0.625. The van der Waals surface area contributed by atoms with E-state index >= 15 is 0 Å². The van der Waals surface area contributed by atoms with Crippen LogP contribution >= 0.6 is 0 Å². The Kier molecular flexibility index (Phi) is 4.85. The van der Waals surface area contributed by atoms with Crippen LogP contribution in [0.2, 0.25) is 0 Å². The summed E-state index contributed by atoms with van der Waals surface area (Å²) in [7, 11) is 0. The van der Waals surface area contributed by atoms with Crippen molar-refractivity contribution in [3.63, 3.8) is 0 Å². The lowest BCUT2D eigenvalue weighted by atomic mass is 9.93. The van der Waals surface area contributed by atoms with E-state index in [1.165, 1.54) is 18.6 Å². The quantitative estimate of drug-likeness (QED) is 0.853. The lowest BCUT2D eigenvalue weighted by Crippen LogP contribution is -2.35.